The van der Waals surface area contributed by atoms with Gasteiger partial charge in [0.25, 0.3) is 11.4 Å². The van der Waals surface area contributed by atoms with Crippen molar-refractivity contribution in [1.82, 2.24) is 0 Å². The summed E-state index contributed by atoms with van der Waals surface area (Å²) in [4.78, 5) is 31.2. The topological polar surface area (TPSA) is 116 Å². The monoisotopic (exact) mass is 290 g/mol. The largest absolute Gasteiger partial charge is 0.461 e. The number of benzene rings is 1. The van der Waals surface area contributed by atoms with Crippen LogP contribution in [0.25, 0.3) is 11.3 Å². The third-order valence-corrected chi connectivity index (χ3v) is 2.69. The first kappa shape index (κ1) is 14.4. The van der Waals surface area contributed by atoms with E-state index in [1.54, 1.807) is 6.07 Å². The number of furan rings is 1. The van der Waals surface area contributed by atoms with Crippen LogP contribution in [-0.2, 0) is 11.2 Å². The molecule has 0 unspecified atom stereocenters. The van der Waals surface area contributed by atoms with E-state index in [2.05, 4.69) is 0 Å². The molecule has 1 aromatic carbocycles. The van der Waals surface area contributed by atoms with Crippen molar-refractivity contribution >= 4 is 17.2 Å². The molecule has 0 fully saturated rings. The fourth-order valence-corrected chi connectivity index (χ4v) is 1.82. The van der Waals surface area contributed by atoms with E-state index in [1.807, 2.05) is 0 Å². The Labute approximate surface area is 118 Å². The van der Waals surface area contributed by atoms with Gasteiger partial charge >= 0.3 is 0 Å². The molecule has 1 aromatic heterocycles. The highest BCUT2D eigenvalue weighted by Crippen LogP contribution is 2.30. The van der Waals surface area contributed by atoms with Crippen LogP contribution < -0.4 is 0 Å². The van der Waals surface area contributed by atoms with E-state index in [0.29, 0.717) is 5.76 Å². The third kappa shape index (κ3) is 3.30. The van der Waals surface area contributed by atoms with Crippen molar-refractivity contribution in [2.45, 2.75) is 13.3 Å². The Balaban J connectivity index is 2.47. The van der Waals surface area contributed by atoms with Gasteiger partial charge in [0.05, 0.1) is 22.3 Å². The fraction of sp³-hybridized carbons (Fsp3) is 0.154. The Hall–Kier alpha value is -3.03. The minimum atomic E-state index is -0.712. The van der Waals surface area contributed by atoms with Crippen LogP contribution in [0.3, 0.4) is 0 Å². The second-order valence-corrected chi connectivity index (χ2v) is 4.40. The van der Waals surface area contributed by atoms with Gasteiger partial charge in [0, 0.05) is 17.7 Å². The number of carbonyl (C=O) groups is 1. The molecule has 0 aliphatic rings. The van der Waals surface area contributed by atoms with Crippen LogP contribution in [0.15, 0.2) is 34.7 Å². The number of nitro groups is 2. The predicted molar refractivity (Wildman–Crippen MR) is 71.8 cm³/mol. The van der Waals surface area contributed by atoms with Crippen LogP contribution in [0.2, 0.25) is 0 Å². The molecule has 1 heterocycles. The number of nitro benzene ring substituents is 2. The van der Waals surface area contributed by atoms with Crippen LogP contribution in [0.1, 0.15) is 12.7 Å². The molecule has 0 aliphatic carbocycles. The van der Waals surface area contributed by atoms with Crippen molar-refractivity contribution in [2.24, 2.45) is 0 Å². The maximum absolute atomic E-state index is 11.0. The Morgan fingerprint density at radius 1 is 1.10 bits per heavy atom. The minimum absolute atomic E-state index is 0.0943. The van der Waals surface area contributed by atoms with Crippen molar-refractivity contribution in [1.29, 1.82) is 0 Å². The number of non-ortho nitro benzene ring substituents is 2. The van der Waals surface area contributed by atoms with Gasteiger partial charge in [0.2, 0.25) is 0 Å². The number of hydrogen-bond donors (Lipinski definition) is 0. The molecule has 0 atom stereocenters. The molecule has 8 heteroatoms. The fourth-order valence-electron chi connectivity index (χ4n) is 1.82. The lowest BCUT2D eigenvalue weighted by Gasteiger charge is -1.99. The van der Waals surface area contributed by atoms with E-state index in [9.17, 15) is 25.0 Å². The Bertz CT molecular complexity index is 702. The summed E-state index contributed by atoms with van der Waals surface area (Å²) in [7, 11) is 0. The van der Waals surface area contributed by atoms with E-state index < -0.39 is 21.2 Å². The lowest BCUT2D eigenvalue weighted by atomic mass is 10.1. The zero-order valence-corrected chi connectivity index (χ0v) is 10.9. The highest BCUT2D eigenvalue weighted by Gasteiger charge is 2.18. The molecule has 0 saturated carbocycles. The van der Waals surface area contributed by atoms with Gasteiger partial charge in [-0.1, -0.05) is 0 Å². The van der Waals surface area contributed by atoms with Crippen LogP contribution in [0.5, 0.6) is 0 Å². The molecule has 0 spiro atoms. The molecular formula is C13H10N2O6. The van der Waals surface area contributed by atoms with Crippen molar-refractivity contribution in [3.05, 3.63) is 56.3 Å². The molecule has 2 aromatic rings. The molecular weight excluding hydrogens is 280 g/mol. The highest BCUT2D eigenvalue weighted by atomic mass is 16.6. The Morgan fingerprint density at radius 3 is 2.14 bits per heavy atom. The normalized spacial score (nSPS) is 10.3. The number of ketones is 1. The van der Waals surface area contributed by atoms with Gasteiger partial charge in [-0.25, -0.2) is 0 Å². The van der Waals surface area contributed by atoms with Gasteiger partial charge in [-0.2, -0.15) is 0 Å². The summed E-state index contributed by atoms with van der Waals surface area (Å²) >= 11 is 0. The first-order valence-electron chi connectivity index (χ1n) is 5.89. The zero-order chi connectivity index (χ0) is 15.6. The van der Waals surface area contributed by atoms with Crippen LogP contribution in [0, 0.1) is 20.2 Å². The smallest absolute Gasteiger partial charge is 0.277 e. The van der Waals surface area contributed by atoms with Crippen LogP contribution in [-0.4, -0.2) is 15.6 Å². The van der Waals surface area contributed by atoms with Crippen LogP contribution >= 0.6 is 0 Å². The summed E-state index contributed by atoms with van der Waals surface area (Å²) in [5.41, 5.74) is -0.585. The lowest BCUT2D eigenvalue weighted by Crippen LogP contribution is -1.94. The average Bonchev–Trinajstić information content (AvgIpc) is 2.85. The molecule has 0 bridgehead atoms. The molecule has 0 aliphatic heterocycles. The van der Waals surface area contributed by atoms with Gasteiger partial charge in [-0.05, 0) is 19.1 Å². The summed E-state index contributed by atoms with van der Waals surface area (Å²) in [5.74, 6) is 0.533. The molecule has 0 amide bonds. The zero-order valence-electron chi connectivity index (χ0n) is 10.9. The van der Waals surface area contributed by atoms with Crippen molar-refractivity contribution in [3.63, 3.8) is 0 Å². The number of rotatable bonds is 5. The number of nitrogens with zero attached hydrogens (tertiary/aromatic N) is 2. The molecule has 0 saturated heterocycles. The minimum Gasteiger partial charge on any atom is -0.461 e. The van der Waals surface area contributed by atoms with E-state index in [4.69, 9.17) is 4.42 Å². The molecule has 8 nitrogen and oxygen atoms in total. The number of Topliss-reactive ketones (excluding diaryl/α,β-unsaturated/α-hetero) is 1. The summed E-state index contributed by atoms with van der Waals surface area (Å²) in [6.45, 7) is 1.40. The average molecular weight is 290 g/mol. The van der Waals surface area contributed by atoms with Crippen molar-refractivity contribution in [3.8, 4) is 11.3 Å². The SMILES string of the molecule is CC(=O)Cc1ccc(-c2cc([N+](=O)[O-])cc([N+](=O)[O-])c2)o1. The maximum Gasteiger partial charge on any atom is 0.277 e. The molecule has 0 N–H and O–H groups in total. The van der Waals surface area contributed by atoms with Gasteiger partial charge in [0.1, 0.15) is 17.3 Å². The first-order chi connectivity index (χ1) is 9.86. The molecule has 2 rings (SSSR count). The van der Waals surface area contributed by atoms with Gasteiger partial charge < -0.3 is 4.42 Å². The summed E-state index contributed by atoms with van der Waals surface area (Å²) in [6.07, 6.45) is 0.0943. The number of hydrogen-bond acceptors (Lipinski definition) is 6. The number of carbonyl (C=O) groups excluding carboxylic acids is 1. The van der Waals surface area contributed by atoms with E-state index in [-0.39, 0.29) is 23.5 Å². The van der Waals surface area contributed by atoms with Gasteiger partial charge in [-0.15, -0.1) is 0 Å². The van der Waals surface area contributed by atoms with Gasteiger partial charge in [-0.3, -0.25) is 25.0 Å². The third-order valence-electron chi connectivity index (χ3n) is 2.69. The molecule has 0 radical (unpaired) electrons. The van der Waals surface area contributed by atoms with E-state index in [1.165, 1.54) is 25.1 Å². The Kier molecular flexibility index (Phi) is 3.79. The summed E-state index contributed by atoms with van der Waals surface area (Å²) < 4.78 is 5.38. The second kappa shape index (κ2) is 5.53. The summed E-state index contributed by atoms with van der Waals surface area (Å²) in [5, 5.41) is 21.6. The standard InChI is InChI=1S/C13H10N2O6/c1-8(16)4-12-2-3-13(21-12)9-5-10(14(17)18)7-11(6-9)15(19)20/h2-3,5-7H,4H2,1H3. The van der Waals surface area contributed by atoms with Crippen molar-refractivity contribution < 1.29 is 19.1 Å². The maximum atomic E-state index is 11.0. The molecule has 108 valence electrons. The van der Waals surface area contributed by atoms with Crippen molar-refractivity contribution in [2.75, 3.05) is 0 Å². The predicted octanol–water partition coefficient (Wildman–Crippen LogP) is 2.89. The Morgan fingerprint density at radius 2 is 1.67 bits per heavy atom. The second-order valence-electron chi connectivity index (χ2n) is 4.40. The molecule has 21 heavy (non-hydrogen) atoms. The van der Waals surface area contributed by atoms with E-state index in [0.717, 1.165) is 6.07 Å². The first-order valence-corrected chi connectivity index (χ1v) is 5.89. The quantitative estimate of drug-likeness (QED) is 0.617. The lowest BCUT2D eigenvalue weighted by molar-refractivity contribution is -0.394. The van der Waals surface area contributed by atoms with Crippen LogP contribution in [0.4, 0.5) is 11.4 Å². The van der Waals surface area contributed by atoms with E-state index >= 15 is 0 Å². The van der Waals surface area contributed by atoms with Gasteiger partial charge in [0.15, 0.2) is 0 Å². The summed E-state index contributed by atoms with van der Waals surface area (Å²) in [6, 6.07) is 6.32. The highest BCUT2D eigenvalue weighted by molar-refractivity contribution is 5.77.